The largest absolute Gasteiger partial charge is 0.466 e. The van der Waals surface area contributed by atoms with Crippen LogP contribution in [-0.4, -0.2) is 20.7 Å². The van der Waals surface area contributed by atoms with Gasteiger partial charge in [0.1, 0.15) is 17.3 Å². The third-order valence-corrected chi connectivity index (χ3v) is 4.89. The predicted molar refractivity (Wildman–Crippen MR) is 83.7 cm³/mol. The number of aromatic nitrogens is 3. The highest BCUT2D eigenvalue weighted by molar-refractivity contribution is 5.75. The maximum Gasteiger partial charge on any atom is 0.220 e. The minimum Gasteiger partial charge on any atom is -0.466 e. The van der Waals surface area contributed by atoms with Gasteiger partial charge in [0.05, 0.1) is 6.54 Å². The van der Waals surface area contributed by atoms with Gasteiger partial charge in [-0.05, 0) is 30.9 Å². The van der Waals surface area contributed by atoms with Crippen molar-refractivity contribution in [1.29, 1.82) is 0 Å². The lowest BCUT2D eigenvalue weighted by atomic mass is 10.2. The van der Waals surface area contributed by atoms with E-state index in [1.165, 1.54) is 6.42 Å². The number of nitrogens with one attached hydrogen (secondary N) is 1. The van der Waals surface area contributed by atoms with E-state index in [2.05, 4.69) is 33.1 Å². The summed E-state index contributed by atoms with van der Waals surface area (Å²) >= 11 is 0. The first kappa shape index (κ1) is 14.5. The first-order valence-corrected chi connectivity index (χ1v) is 8.47. The van der Waals surface area contributed by atoms with E-state index in [4.69, 9.17) is 4.42 Å². The van der Waals surface area contributed by atoms with Gasteiger partial charge in [-0.2, -0.15) is 0 Å². The van der Waals surface area contributed by atoms with Gasteiger partial charge >= 0.3 is 0 Å². The number of aryl methyl sites for hydroxylation is 2. The lowest BCUT2D eigenvalue weighted by molar-refractivity contribution is -0.121. The highest BCUT2D eigenvalue weighted by atomic mass is 16.3. The van der Waals surface area contributed by atoms with Gasteiger partial charge in [-0.25, -0.2) is 0 Å². The van der Waals surface area contributed by atoms with Crippen molar-refractivity contribution in [3.05, 3.63) is 35.3 Å². The summed E-state index contributed by atoms with van der Waals surface area (Å²) in [7, 11) is 0. The van der Waals surface area contributed by atoms with Gasteiger partial charge in [0.25, 0.3) is 0 Å². The fourth-order valence-electron chi connectivity index (χ4n) is 3.29. The molecule has 1 N–H and O–H groups in total. The summed E-state index contributed by atoms with van der Waals surface area (Å²) in [6, 6.07) is 4.06. The van der Waals surface area contributed by atoms with Crippen molar-refractivity contribution in [2.75, 3.05) is 0 Å². The van der Waals surface area contributed by atoms with E-state index in [0.29, 0.717) is 25.3 Å². The molecule has 122 valence electrons. The van der Waals surface area contributed by atoms with Crippen molar-refractivity contribution in [2.45, 2.75) is 58.0 Å². The Bertz CT molecular complexity index is 718. The Hall–Kier alpha value is -2.11. The molecule has 1 saturated carbocycles. The summed E-state index contributed by atoms with van der Waals surface area (Å²) in [6.45, 7) is 3.65. The van der Waals surface area contributed by atoms with Gasteiger partial charge < -0.3 is 14.3 Å². The van der Waals surface area contributed by atoms with Crippen LogP contribution in [0.5, 0.6) is 0 Å². The van der Waals surface area contributed by atoms with Crippen LogP contribution in [0.1, 0.15) is 55.3 Å². The van der Waals surface area contributed by atoms with Crippen molar-refractivity contribution in [3.8, 4) is 0 Å². The van der Waals surface area contributed by atoms with Crippen LogP contribution in [-0.2, 0) is 30.7 Å². The molecule has 0 unspecified atom stereocenters. The van der Waals surface area contributed by atoms with Gasteiger partial charge in [-0.15, -0.1) is 10.2 Å². The lowest BCUT2D eigenvalue weighted by Gasteiger charge is -2.05. The molecule has 0 saturated heterocycles. The summed E-state index contributed by atoms with van der Waals surface area (Å²) < 4.78 is 7.94. The van der Waals surface area contributed by atoms with Crippen LogP contribution >= 0.6 is 0 Å². The molecule has 4 rings (SSSR count). The normalized spacial score (nSPS) is 22.1. The molecule has 0 aromatic carbocycles. The summed E-state index contributed by atoms with van der Waals surface area (Å²) in [6.07, 6.45) is 4.41. The number of rotatable bonds is 6. The Kier molecular flexibility index (Phi) is 3.67. The van der Waals surface area contributed by atoms with Crippen molar-refractivity contribution >= 4 is 5.91 Å². The van der Waals surface area contributed by atoms with Crippen LogP contribution < -0.4 is 5.32 Å². The Labute approximate surface area is 135 Å². The van der Waals surface area contributed by atoms with E-state index in [9.17, 15) is 4.79 Å². The molecular weight excluding hydrogens is 292 g/mol. The Morgan fingerprint density at radius 2 is 2.30 bits per heavy atom. The van der Waals surface area contributed by atoms with E-state index in [0.717, 1.165) is 48.5 Å². The molecule has 2 aromatic heterocycles. The summed E-state index contributed by atoms with van der Waals surface area (Å²) in [5.74, 6) is 5.22. The average molecular weight is 314 g/mol. The molecule has 1 aliphatic heterocycles. The zero-order valence-electron chi connectivity index (χ0n) is 13.4. The summed E-state index contributed by atoms with van der Waals surface area (Å²) in [5.41, 5.74) is 0. The number of carbonyl (C=O) groups excluding carboxylic acids is 1. The number of hydrogen-bond acceptors (Lipinski definition) is 4. The minimum atomic E-state index is 0.0260. The van der Waals surface area contributed by atoms with Gasteiger partial charge in [-0.3, -0.25) is 4.79 Å². The number of furan rings is 1. The third-order valence-electron chi connectivity index (χ3n) is 4.89. The van der Waals surface area contributed by atoms with Crippen molar-refractivity contribution in [2.24, 2.45) is 5.92 Å². The second kappa shape index (κ2) is 5.83. The molecule has 2 aromatic rings. The van der Waals surface area contributed by atoms with Gasteiger partial charge in [-0.1, -0.05) is 6.92 Å². The minimum absolute atomic E-state index is 0.0260. The molecule has 0 spiro atoms. The number of nitrogens with zero attached hydrogens (tertiary/aromatic N) is 3. The van der Waals surface area contributed by atoms with Crippen LogP contribution in [0.4, 0.5) is 0 Å². The number of fused-ring (bicyclic) bond motifs is 1. The molecule has 23 heavy (non-hydrogen) atoms. The molecule has 1 aliphatic carbocycles. The van der Waals surface area contributed by atoms with Gasteiger partial charge in [0.2, 0.25) is 5.91 Å². The van der Waals surface area contributed by atoms with Crippen molar-refractivity contribution < 1.29 is 9.21 Å². The maximum atomic E-state index is 12.0. The van der Waals surface area contributed by atoms with Crippen molar-refractivity contribution in [1.82, 2.24) is 20.1 Å². The summed E-state index contributed by atoms with van der Waals surface area (Å²) in [5, 5.41) is 11.2. The molecule has 6 heteroatoms. The molecule has 2 atom stereocenters. The van der Waals surface area contributed by atoms with E-state index in [-0.39, 0.29) is 5.91 Å². The van der Waals surface area contributed by atoms with Crippen LogP contribution in [0.15, 0.2) is 16.5 Å². The highest BCUT2D eigenvalue weighted by Gasteiger charge is 2.36. The molecule has 3 heterocycles. The molecule has 1 amide bonds. The summed E-state index contributed by atoms with van der Waals surface area (Å²) in [4.78, 5) is 12.0. The third kappa shape index (κ3) is 3.02. The van der Waals surface area contributed by atoms with Gasteiger partial charge in [0.15, 0.2) is 5.82 Å². The molecule has 6 nitrogen and oxygen atoms in total. The van der Waals surface area contributed by atoms with E-state index in [1.807, 2.05) is 6.07 Å². The quantitative estimate of drug-likeness (QED) is 0.887. The first-order valence-electron chi connectivity index (χ1n) is 8.47. The molecule has 1 fully saturated rings. The second-order valence-electron chi connectivity index (χ2n) is 6.69. The zero-order valence-corrected chi connectivity index (χ0v) is 13.4. The predicted octanol–water partition coefficient (Wildman–Crippen LogP) is 2.19. The molecule has 0 bridgehead atoms. The van der Waals surface area contributed by atoms with Crippen molar-refractivity contribution in [3.63, 3.8) is 0 Å². The molecule has 0 radical (unpaired) electrons. The Balaban J connectivity index is 1.24. The highest BCUT2D eigenvalue weighted by Crippen LogP contribution is 2.47. The van der Waals surface area contributed by atoms with E-state index < -0.39 is 0 Å². The molecule has 2 aliphatic rings. The van der Waals surface area contributed by atoms with Gasteiger partial charge in [0, 0.05) is 31.7 Å². The van der Waals surface area contributed by atoms with Crippen LogP contribution in [0.2, 0.25) is 0 Å². The smallest absolute Gasteiger partial charge is 0.220 e. The molecular formula is C17H22N4O2. The Morgan fingerprint density at radius 3 is 3.13 bits per heavy atom. The fourth-order valence-corrected chi connectivity index (χ4v) is 3.29. The topological polar surface area (TPSA) is 73.0 Å². The monoisotopic (exact) mass is 314 g/mol. The lowest BCUT2D eigenvalue weighted by Crippen LogP contribution is -2.24. The van der Waals surface area contributed by atoms with Crippen LogP contribution in [0.25, 0.3) is 0 Å². The van der Waals surface area contributed by atoms with Crippen LogP contribution in [0, 0.1) is 5.92 Å². The average Bonchev–Trinajstić information content (AvgIpc) is 2.97. The van der Waals surface area contributed by atoms with E-state index in [1.54, 1.807) is 0 Å². The van der Waals surface area contributed by atoms with E-state index >= 15 is 0 Å². The first-order chi connectivity index (χ1) is 11.2. The standard InChI is InChI=1S/C17H22N4O2/c1-11-9-13(11)14-6-4-12(23-14)5-7-17(22)18-10-16-20-19-15-3-2-8-21(15)16/h4,6,11,13H,2-3,5,7-10H2,1H3,(H,18,22)/t11-,13-/m1/s1. The number of hydrogen-bond donors (Lipinski definition) is 1. The maximum absolute atomic E-state index is 12.0. The number of carbonyl (C=O) groups is 1. The van der Waals surface area contributed by atoms with Crippen LogP contribution in [0.3, 0.4) is 0 Å². The zero-order chi connectivity index (χ0) is 15.8. The number of amides is 1. The SMILES string of the molecule is C[C@@H]1C[C@H]1c1ccc(CCC(=O)NCc2nnc3n2CCC3)o1. The fraction of sp³-hybridized carbons (Fsp3) is 0.588. The Morgan fingerprint density at radius 1 is 1.43 bits per heavy atom. The second-order valence-corrected chi connectivity index (χ2v) is 6.69.